The molecule has 10 N–H and O–H groups in total. The van der Waals surface area contributed by atoms with Gasteiger partial charge < -0.3 is 41.8 Å². The summed E-state index contributed by atoms with van der Waals surface area (Å²) in [5.74, 6) is -6.69. The van der Waals surface area contributed by atoms with E-state index in [4.69, 9.17) is 37.0 Å². The number of hydrogen-bond acceptors (Lipinski definition) is 8. The molecule has 0 aromatic rings. The zero-order chi connectivity index (χ0) is 22.3. The second-order valence-corrected chi connectivity index (χ2v) is 4.97. The molecule has 0 amide bonds. The molecule has 0 aliphatic heterocycles. The van der Waals surface area contributed by atoms with E-state index in [1.165, 1.54) is 0 Å². The highest BCUT2D eigenvalue weighted by Crippen LogP contribution is 2.00. The summed E-state index contributed by atoms with van der Waals surface area (Å²) in [7, 11) is 0. The highest BCUT2D eigenvalue weighted by molar-refractivity contribution is 5.82. The molecule has 28 heavy (non-hydrogen) atoms. The molecule has 0 aliphatic rings. The maximum absolute atomic E-state index is 10.9. The number of rotatable bonds is 13. The van der Waals surface area contributed by atoms with Gasteiger partial charge in [0.15, 0.2) is 0 Å². The van der Waals surface area contributed by atoms with E-state index in [0.717, 1.165) is 0 Å². The van der Waals surface area contributed by atoms with Gasteiger partial charge >= 0.3 is 29.8 Å². The average molecular weight is 410 g/mol. The van der Waals surface area contributed by atoms with Crippen LogP contribution in [-0.2, 0) is 28.8 Å². The first kappa shape index (κ1) is 26.6. The Kier molecular flexibility index (Phi) is 13.8. The predicted molar refractivity (Wildman–Crippen MR) is 89.1 cm³/mol. The molecule has 0 radical (unpaired) electrons. The van der Waals surface area contributed by atoms with Crippen LogP contribution in [-0.4, -0.2) is 80.0 Å². The summed E-state index contributed by atoms with van der Waals surface area (Å²) in [4.78, 5) is 56.1. The second-order valence-electron chi connectivity index (χ2n) is 4.97. The van der Waals surface area contributed by atoms with Crippen LogP contribution in [0.2, 0.25) is 0 Å². The molecule has 0 saturated carbocycles. The van der Waals surface area contributed by atoms with E-state index in [1.807, 2.05) is 0 Å². The lowest BCUT2D eigenvalue weighted by Gasteiger charge is -2.18. The largest absolute Gasteiger partial charge is 0.481 e. The summed E-state index contributed by atoms with van der Waals surface area (Å²) >= 11 is 0. The molecule has 160 valence electrons. The van der Waals surface area contributed by atoms with Gasteiger partial charge in [-0.15, -0.1) is 0 Å². The predicted octanol–water partition coefficient (Wildman–Crippen LogP) is -2.51. The quantitative estimate of drug-likeness (QED) is 0.0674. The summed E-state index contributed by atoms with van der Waals surface area (Å²) < 4.78 is 0. The van der Waals surface area contributed by atoms with Crippen molar-refractivity contribution in [2.45, 2.75) is 37.8 Å². The van der Waals surface area contributed by atoms with Crippen LogP contribution in [0.5, 0.6) is 0 Å². The number of nitrogens with one attached hydrogen (secondary N) is 1. The number of nitrogens with two attached hydrogens (primary N) is 2. The molecule has 0 spiro atoms. The summed E-state index contributed by atoms with van der Waals surface area (Å²) in [6.07, 6.45) is -1.51. The van der Waals surface area contributed by atoms with Crippen molar-refractivity contribution in [2.75, 3.05) is 6.61 Å². The Morgan fingerprint density at radius 3 is 1.61 bits per heavy atom. The van der Waals surface area contributed by atoms with Crippen LogP contribution in [0, 0.1) is 0 Å². The first-order chi connectivity index (χ1) is 12.9. The number of carbonyl (C=O) groups is 5. The molecule has 2 atom stereocenters. The van der Waals surface area contributed by atoms with Crippen molar-refractivity contribution in [1.29, 1.82) is 0 Å². The van der Waals surface area contributed by atoms with E-state index in [0.29, 0.717) is 0 Å². The first-order valence-electron chi connectivity index (χ1n) is 7.44. The number of carboxylic acid groups (broad SMARTS) is 5. The molecule has 0 aliphatic carbocycles. The highest BCUT2D eigenvalue weighted by atomic mass is 16.6. The Morgan fingerprint density at radius 2 is 1.29 bits per heavy atom. The van der Waals surface area contributed by atoms with Crippen molar-refractivity contribution < 1.29 is 54.3 Å². The van der Waals surface area contributed by atoms with Gasteiger partial charge in [0.05, 0.1) is 19.3 Å². The maximum atomic E-state index is 10.9. The molecule has 0 aromatic heterocycles. The van der Waals surface area contributed by atoms with E-state index >= 15 is 0 Å². The number of nitrogens with zero attached hydrogens (tertiary/aromatic N) is 1. The fraction of sp³-hybridized carbons (Fsp3) is 0.538. The molecule has 15 heteroatoms. The van der Waals surface area contributed by atoms with Crippen LogP contribution >= 0.6 is 0 Å². The minimum Gasteiger partial charge on any atom is -0.481 e. The molecule has 15 nitrogen and oxygen atoms in total. The van der Waals surface area contributed by atoms with Crippen molar-refractivity contribution in [3.8, 4) is 0 Å². The third kappa shape index (κ3) is 17.2. The van der Waals surface area contributed by atoms with Crippen LogP contribution < -0.4 is 16.8 Å². The van der Waals surface area contributed by atoms with E-state index < -0.39 is 48.4 Å². The molecular formula is C13H22N4O11. The van der Waals surface area contributed by atoms with Gasteiger partial charge in [-0.05, 0) is 5.16 Å². The molecule has 0 bridgehead atoms. The third-order valence-electron chi connectivity index (χ3n) is 2.60. The molecule has 0 aromatic carbocycles. The van der Waals surface area contributed by atoms with Gasteiger partial charge in [-0.25, -0.2) is 0 Å². The maximum Gasteiger partial charge on any atom is 0.321 e. The topological polar surface area (TPSA) is 272 Å². The van der Waals surface area contributed by atoms with Gasteiger partial charge in [-0.3, -0.25) is 29.3 Å². The highest BCUT2D eigenvalue weighted by Gasteiger charge is 2.27. The van der Waals surface area contributed by atoms with Crippen molar-refractivity contribution in [2.24, 2.45) is 16.6 Å². The van der Waals surface area contributed by atoms with Crippen LogP contribution in [0.15, 0.2) is 5.16 Å². The lowest BCUT2D eigenvalue weighted by Crippen LogP contribution is -2.48. The van der Waals surface area contributed by atoms with Crippen LogP contribution in [0.3, 0.4) is 0 Å². The Morgan fingerprint density at radius 1 is 0.821 bits per heavy atom. The normalized spacial score (nSPS) is 11.7. The second kappa shape index (κ2) is 14.5. The van der Waals surface area contributed by atoms with Gasteiger partial charge in [0, 0.05) is 6.42 Å². The average Bonchev–Trinajstić information content (AvgIpc) is 2.54. The van der Waals surface area contributed by atoms with E-state index in [-0.39, 0.29) is 31.8 Å². The van der Waals surface area contributed by atoms with Gasteiger partial charge in [-0.1, -0.05) is 0 Å². The molecule has 0 rings (SSSR count). The van der Waals surface area contributed by atoms with Gasteiger partial charge in [0.25, 0.3) is 0 Å². The van der Waals surface area contributed by atoms with E-state index in [1.54, 1.807) is 0 Å². The fourth-order valence-electron chi connectivity index (χ4n) is 1.42. The van der Waals surface area contributed by atoms with E-state index in [2.05, 4.69) is 15.3 Å². The summed E-state index contributed by atoms with van der Waals surface area (Å²) in [5, 5.41) is 47.4. The SMILES string of the molecule is NC(N)=NOCC[C@H](NC(CC(=O)O)C(=O)O)C(=O)O.O=C(O)CCC(=O)O. The molecule has 0 heterocycles. The number of oxime groups is 1. The summed E-state index contributed by atoms with van der Waals surface area (Å²) in [6.45, 7) is -0.193. The number of aliphatic carboxylic acids is 5. The number of hydrogen-bond donors (Lipinski definition) is 8. The minimum absolute atomic E-state index is 0.157. The van der Waals surface area contributed by atoms with Crippen LogP contribution in [0.1, 0.15) is 25.7 Å². The molecule has 1 unspecified atom stereocenters. The monoisotopic (exact) mass is 410 g/mol. The van der Waals surface area contributed by atoms with Crippen molar-refractivity contribution in [1.82, 2.24) is 5.32 Å². The number of carboxylic acids is 5. The zero-order valence-electron chi connectivity index (χ0n) is 14.5. The minimum atomic E-state index is -1.53. The Hall–Kier alpha value is -3.62. The van der Waals surface area contributed by atoms with Crippen molar-refractivity contribution in [3.63, 3.8) is 0 Å². The molecule has 0 fully saturated rings. The smallest absolute Gasteiger partial charge is 0.321 e. The summed E-state index contributed by atoms with van der Waals surface area (Å²) in [6, 6.07) is -2.85. The fourth-order valence-corrected chi connectivity index (χ4v) is 1.42. The summed E-state index contributed by atoms with van der Waals surface area (Å²) in [5.41, 5.74) is 9.94. The lowest BCUT2D eigenvalue weighted by atomic mass is 10.1. The van der Waals surface area contributed by atoms with E-state index in [9.17, 15) is 24.0 Å². The number of guanidine groups is 1. The third-order valence-corrected chi connectivity index (χ3v) is 2.60. The molecular weight excluding hydrogens is 388 g/mol. The first-order valence-corrected chi connectivity index (χ1v) is 7.44. The standard InChI is InChI=1S/C9H16N4O7.C4H6O4/c10-9(11)13-20-2-1-4(7(16)17)12-5(8(18)19)3-6(14)15;5-3(6)1-2-4(7)8/h4-5,12H,1-3H2,(H,14,15)(H,16,17)(H,18,19)(H4,10,11,13);1-2H2,(H,5,6)(H,7,8)/t4-,5?;/m0./s1. The Balaban J connectivity index is 0. The lowest BCUT2D eigenvalue weighted by molar-refractivity contribution is -0.148. The van der Waals surface area contributed by atoms with Gasteiger partial charge in [0.1, 0.15) is 18.7 Å². The van der Waals surface area contributed by atoms with Crippen molar-refractivity contribution >= 4 is 35.8 Å². The van der Waals surface area contributed by atoms with Crippen molar-refractivity contribution in [3.05, 3.63) is 0 Å². The van der Waals surface area contributed by atoms with Crippen LogP contribution in [0.4, 0.5) is 0 Å². The zero-order valence-corrected chi connectivity index (χ0v) is 14.5. The molecule has 0 saturated heterocycles. The Labute approximate surface area is 157 Å². The Bertz CT molecular complexity index is 575. The van der Waals surface area contributed by atoms with Gasteiger partial charge in [0.2, 0.25) is 5.96 Å². The van der Waals surface area contributed by atoms with Crippen LogP contribution in [0.25, 0.3) is 0 Å². The van der Waals surface area contributed by atoms with Gasteiger partial charge in [-0.2, -0.15) is 0 Å².